The number of rotatable bonds is 5. The molecule has 3 rings (SSSR count). The van der Waals surface area contributed by atoms with Crippen molar-refractivity contribution in [1.29, 1.82) is 0 Å². The number of amides is 1. The minimum Gasteiger partial charge on any atom is -0.415 e. The van der Waals surface area contributed by atoms with Crippen LogP contribution in [0.3, 0.4) is 0 Å². The summed E-state index contributed by atoms with van der Waals surface area (Å²) in [7, 11) is 1.78. The summed E-state index contributed by atoms with van der Waals surface area (Å²) in [5.74, 6) is 0.253. The van der Waals surface area contributed by atoms with Crippen LogP contribution in [0.4, 0.5) is 0 Å². The van der Waals surface area contributed by atoms with E-state index in [1.165, 1.54) is 0 Å². The van der Waals surface area contributed by atoms with Gasteiger partial charge in [-0.05, 0) is 18.7 Å². The number of piperazine rings is 1. The molecular weight excluding hydrogens is 332 g/mol. The van der Waals surface area contributed by atoms with E-state index in [2.05, 4.69) is 25.4 Å². The lowest BCUT2D eigenvalue weighted by Gasteiger charge is -2.33. The molecule has 0 atom stereocenters. The summed E-state index contributed by atoms with van der Waals surface area (Å²) in [6, 6.07) is 3.75. The molecule has 1 saturated heterocycles. The van der Waals surface area contributed by atoms with Gasteiger partial charge in [0.15, 0.2) is 0 Å². The topological polar surface area (TPSA) is 87.4 Å². The minimum absolute atomic E-state index is 0.0515. The first-order chi connectivity index (χ1) is 11.7. The molecule has 0 unspecified atom stereocenters. The molecule has 2 aromatic rings. The van der Waals surface area contributed by atoms with Gasteiger partial charge in [-0.15, -0.1) is 10.2 Å². The summed E-state index contributed by atoms with van der Waals surface area (Å²) in [6.07, 6.45) is 1.78. The van der Waals surface area contributed by atoms with E-state index in [4.69, 9.17) is 16.0 Å². The molecule has 2 aromatic heterocycles. The van der Waals surface area contributed by atoms with E-state index in [1.807, 2.05) is 6.07 Å². The van der Waals surface area contributed by atoms with E-state index in [0.29, 0.717) is 30.7 Å². The molecule has 1 aliphatic heterocycles. The zero-order valence-electron chi connectivity index (χ0n) is 13.4. The Hall–Kier alpha value is -2.03. The number of aromatic nitrogens is 3. The molecule has 1 amide bonds. The van der Waals surface area contributed by atoms with Gasteiger partial charge < -0.3 is 14.6 Å². The molecule has 0 aromatic carbocycles. The number of halogens is 1. The molecule has 128 valence electrons. The molecule has 24 heavy (non-hydrogen) atoms. The second-order valence-electron chi connectivity index (χ2n) is 5.59. The second kappa shape index (κ2) is 7.69. The Morgan fingerprint density at radius 2 is 2.08 bits per heavy atom. The molecule has 3 heterocycles. The van der Waals surface area contributed by atoms with Gasteiger partial charge in [0.25, 0.3) is 0 Å². The molecule has 8 nitrogen and oxygen atoms in total. The van der Waals surface area contributed by atoms with Crippen LogP contribution in [0.15, 0.2) is 22.7 Å². The van der Waals surface area contributed by atoms with Crippen LogP contribution in [0.2, 0.25) is 5.15 Å². The highest BCUT2D eigenvalue weighted by atomic mass is 35.5. The monoisotopic (exact) mass is 350 g/mol. The molecule has 0 saturated carbocycles. The highest BCUT2D eigenvalue weighted by Gasteiger charge is 2.26. The molecule has 9 heteroatoms. The lowest BCUT2D eigenvalue weighted by molar-refractivity contribution is 0.0588. The summed E-state index contributed by atoms with van der Waals surface area (Å²) in [6.45, 7) is 4.06. The number of carbonyl (C=O) groups excluding carboxylic acids is 1. The Balaban J connectivity index is 1.52. The van der Waals surface area contributed by atoms with Crippen LogP contribution in [-0.2, 0) is 13.1 Å². The molecule has 0 bridgehead atoms. The van der Waals surface area contributed by atoms with Crippen LogP contribution < -0.4 is 5.32 Å². The van der Waals surface area contributed by atoms with E-state index < -0.39 is 0 Å². The van der Waals surface area contributed by atoms with E-state index in [-0.39, 0.29) is 11.8 Å². The van der Waals surface area contributed by atoms with Crippen molar-refractivity contribution in [3.63, 3.8) is 0 Å². The van der Waals surface area contributed by atoms with Gasteiger partial charge in [-0.2, -0.15) is 0 Å². The largest absolute Gasteiger partial charge is 0.415 e. The average Bonchev–Trinajstić information content (AvgIpc) is 3.06. The Morgan fingerprint density at radius 3 is 2.75 bits per heavy atom. The highest BCUT2D eigenvalue weighted by molar-refractivity contribution is 6.29. The summed E-state index contributed by atoms with van der Waals surface area (Å²) in [5.41, 5.74) is 1.10. The van der Waals surface area contributed by atoms with Crippen molar-refractivity contribution < 1.29 is 9.21 Å². The Bertz CT molecular complexity index is 682. The van der Waals surface area contributed by atoms with Crippen molar-refractivity contribution >= 4 is 17.5 Å². The van der Waals surface area contributed by atoms with Gasteiger partial charge in [0.2, 0.25) is 5.89 Å². The summed E-state index contributed by atoms with van der Waals surface area (Å²) < 4.78 is 5.36. The predicted molar refractivity (Wildman–Crippen MR) is 87.5 cm³/mol. The molecular formula is C15H19ClN6O2. The standard InChI is InChI=1S/C15H19ClN6O2/c1-17-9-13-19-20-14(24-13)15(23)22-6-4-21(5-7-22)10-11-2-3-12(16)18-8-11/h2-3,8,17H,4-7,9-10H2,1H3. The first-order valence-electron chi connectivity index (χ1n) is 7.75. The Labute approximate surface area is 144 Å². The minimum atomic E-state index is -0.210. The molecule has 0 aliphatic carbocycles. The van der Waals surface area contributed by atoms with Crippen LogP contribution >= 0.6 is 11.6 Å². The van der Waals surface area contributed by atoms with E-state index in [0.717, 1.165) is 25.2 Å². The van der Waals surface area contributed by atoms with Gasteiger partial charge in [0.05, 0.1) is 6.54 Å². The number of nitrogens with zero attached hydrogens (tertiary/aromatic N) is 5. The van der Waals surface area contributed by atoms with Gasteiger partial charge in [-0.25, -0.2) is 4.98 Å². The SMILES string of the molecule is CNCc1nnc(C(=O)N2CCN(Cc3ccc(Cl)nc3)CC2)o1. The fourth-order valence-electron chi connectivity index (χ4n) is 2.57. The maximum atomic E-state index is 12.4. The third-order valence-electron chi connectivity index (χ3n) is 3.83. The summed E-state index contributed by atoms with van der Waals surface area (Å²) >= 11 is 5.80. The van der Waals surface area contributed by atoms with Gasteiger partial charge in [-0.3, -0.25) is 9.69 Å². The average molecular weight is 351 g/mol. The van der Waals surface area contributed by atoms with E-state index >= 15 is 0 Å². The van der Waals surface area contributed by atoms with Crippen molar-refractivity contribution in [3.05, 3.63) is 40.8 Å². The third-order valence-corrected chi connectivity index (χ3v) is 4.06. The van der Waals surface area contributed by atoms with Crippen LogP contribution in [0.1, 0.15) is 22.1 Å². The van der Waals surface area contributed by atoms with Gasteiger partial charge >= 0.3 is 11.8 Å². The fraction of sp³-hybridized carbons (Fsp3) is 0.467. The highest BCUT2D eigenvalue weighted by Crippen LogP contribution is 2.12. The van der Waals surface area contributed by atoms with Crippen LogP contribution in [0, 0.1) is 0 Å². The molecule has 1 fully saturated rings. The predicted octanol–water partition coefficient (Wildman–Crippen LogP) is 0.795. The molecule has 0 spiro atoms. The van der Waals surface area contributed by atoms with Crippen molar-refractivity contribution in [2.24, 2.45) is 0 Å². The number of nitrogens with one attached hydrogen (secondary N) is 1. The van der Waals surface area contributed by atoms with E-state index in [1.54, 1.807) is 24.2 Å². The smallest absolute Gasteiger partial charge is 0.311 e. The Morgan fingerprint density at radius 1 is 1.29 bits per heavy atom. The van der Waals surface area contributed by atoms with Crippen LogP contribution in [-0.4, -0.2) is 64.1 Å². The van der Waals surface area contributed by atoms with Gasteiger partial charge in [0, 0.05) is 38.9 Å². The summed E-state index contributed by atoms with van der Waals surface area (Å²) in [5, 5.41) is 11.1. The van der Waals surface area contributed by atoms with Crippen molar-refractivity contribution in [3.8, 4) is 0 Å². The zero-order valence-corrected chi connectivity index (χ0v) is 14.2. The fourth-order valence-corrected chi connectivity index (χ4v) is 2.68. The Kier molecular flexibility index (Phi) is 5.39. The lowest BCUT2D eigenvalue weighted by Crippen LogP contribution is -2.48. The van der Waals surface area contributed by atoms with E-state index in [9.17, 15) is 4.79 Å². The number of pyridine rings is 1. The molecule has 0 radical (unpaired) electrons. The summed E-state index contributed by atoms with van der Waals surface area (Å²) in [4.78, 5) is 20.5. The van der Waals surface area contributed by atoms with Crippen LogP contribution in [0.5, 0.6) is 0 Å². The third kappa shape index (κ3) is 4.08. The molecule has 1 N–H and O–H groups in total. The zero-order chi connectivity index (χ0) is 16.9. The first-order valence-corrected chi connectivity index (χ1v) is 8.12. The van der Waals surface area contributed by atoms with Crippen molar-refractivity contribution in [2.45, 2.75) is 13.1 Å². The number of hydrogen-bond donors (Lipinski definition) is 1. The number of carbonyl (C=O) groups is 1. The molecule has 1 aliphatic rings. The maximum Gasteiger partial charge on any atom is 0.311 e. The normalized spacial score (nSPS) is 15.7. The van der Waals surface area contributed by atoms with Crippen molar-refractivity contribution in [1.82, 2.24) is 30.3 Å². The van der Waals surface area contributed by atoms with Gasteiger partial charge in [0.1, 0.15) is 5.15 Å². The maximum absolute atomic E-state index is 12.4. The number of hydrogen-bond acceptors (Lipinski definition) is 7. The lowest BCUT2D eigenvalue weighted by atomic mass is 10.2. The quantitative estimate of drug-likeness (QED) is 0.798. The first kappa shape index (κ1) is 16.8. The second-order valence-corrected chi connectivity index (χ2v) is 5.98. The van der Waals surface area contributed by atoms with Gasteiger partial charge in [-0.1, -0.05) is 17.7 Å². The van der Waals surface area contributed by atoms with Crippen molar-refractivity contribution in [2.75, 3.05) is 33.2 Å². The van der Waals surface area contributed by atoms with Crippen LogP contribution in [0.25, 0.3) is 0 Å².